The molecule has 0 spiro atoms. The first-order valence-electron chi connectivity index (χ1n) is 14.9. The molecule has 0 amide bonds. The van der Waals surface area contributed by atoms with Gasteiger partial charge in [0.1, 0.15) is 0 Å². The molecule has 0 heteroatoms. The van der Waals surface area contributed by atoms with Crippen LogP contribution in [0.3, 0.4) is 0 Å². The van der Waals surface area contributed by atoms with Crippen LogP contribution in [0.4, 0.5) is 0 Å². The lowest BCUT2D eigenvalue weighted by molar-refractivity contribution is 0.660. The molecule has 0 atom stereocenters. The van der Waals surface area contributed by atoms with E-state index in [9.17, 15) is 0 Å². The average Bonchev–Trinajstić information content (AvgIpc) is 3.26. The number of aryl methyl sites for hydroxylation is 1. The van der Waals surface area contributed by atoms with E-state index in [1.54, 1.807) is 0 Å². The van der Waals surface area contributed by atoms with Gasteiger partial charge in [-0.15, -0.1) is 0 Å². The van der Waals surface area contributed by atoms with Gasteiger partial charge in [0.05, 0.1) is 0 Å². The van der Waals surface area contributed by atoms with Crippen LogP contribution < -0.4 is 0 Å². The zero-order chi connectivity index (χ0) is 28.4. The summed E-state index contributed by atoms with van der Waals surface area (Å²) in [5, 5.41) is 5.15. The summed E-state index contributed by atoms with van der Waals surface area (Å²) < 4.78 is 0. The highest BCUT2D eigenvalue weighted by molar-refractivity contribution is 6.22. The third-order valence-corrected chi connectivity index (χ3v) is 9.34. The first-order valence-corrected chi connectivity index (χ1v) is 14.9. The molecule has 0 aromatic heterocycles. The molecule has 7 aromatic rings. The Hall–Kier alpha value is -4.94. The highest BCUT2D eigenvalue weighted by atomic mass is 14.4. The quantitative estimate of drug-likeness (QED) is 0.197. The predicted octanol–water partition coefficient (Wildman–Crippen LogP) is 11.6. The molecule has 0 aliphatic heterocycles. The summed E-state index contributed by atoms with van der Waals surface area (Å²) in [6.45, 7) is 6.86. The Morgan fingerprint density at radius 2 is 0.952 bits per heavy atom. The van der Waals surface area contributed by atoms with Gasteiger partial charge in [0.25, 0.3) is 0 Å². The fraction of sp³-hybridized carbons (Fsp3) is 0.0952. The SMILES string of the molecule is Cc1ccc(-c2c3ccccc3c(-c3ccc4c(c3)-c3ccccc3C4(C)C)c3cc(-c4ccccc4)ccc23)cc1. The minimum absolute atomic E-state index is 0.00955. The van der Waals surface area contributed by atoms with Crippen molar-refractivity contribution in [2.75, 3.05) is 0 Å². The summed E-state index contributed by atoms with van der Waals surface area (Å²) >= 11 is 0. The lowest BCUT2D eigenvalue weighted by Gasteiger charge is -2.22. The molecule has 0 saturated heterocycles. The van der Waals surface area contributed by atoms with E-state index in [1.165, 1.54) is 82.7 Å². The van der Waals surface area contributed by atoms with Crippen LogP contribution in [-0.2, 0) is 5.41 Å². The maximum Gasteiger partial charge on any atom is 0.0158 e. The van der Waals surface area contributed by atoms with Gasteiger partial charge in [-0.2, -0.15) is 0 Å². The van der Waals surface area contributed by atoms with Crippen molar-refractivity contribution in [3.8, 4) is 44.5 Å². The van der Waals surface area contributed by atoms with Gasteiger partial charge in [-0.1, -0.05) is 147 Å². The van der Waals surface area contributed by atoms with Gasteiger partial charge in [0, 0.05) is 5.41 Å². The van der Waals surface area contributed by atoms with Crippen molar-refractivity contribution < 1.29 is 0 Å². The van der Waals surface area contributed by atoms with Gasteiger partial charge in [0.15, 0.2) is 0 Å². The number of hydrogen-bond acceptors (Lipinski definition) is 0. The van der Waals surface area contributed by atoms with Gasteiger partial charge in [0.2, 0.25) is 0 Å². The van der Waals surface area contributed by atoms with E-state index in [0.29, 0.717) is 0 Å². The summed E-state index contributed by atoms with van der Waals surface area (Å²) in [5.41, 5.74) is 14.4. The highest BCUT2D eigenvalue weighted by Crippen LogP contribution is 2.51. The average molecular weight is 537 g/mol. The Morgan fingerprint density at radius 1 is 0.381 bits per heavy atom. The van der Waals surface area contributed by atoms with Gasteiger partial charge < -0.3 is 0 Å². The number of hydrogen-bond donors (Lipinski definition) is 0. The van der Waals surface area contributed by atoms with Gasteiger partial charge >= 0.3 is 0 Å². The molecule has 0 saturated carbocycles. The van der Waals surface area contributed by atoms with Crippen LogP contribution in [0.5, 0.6) is 0 Å². The Balaban J connectivity index is 1.49. The summed E-state index contributed by atoms with van der Waals surface area (Å²) in [5.74, 6) is 0. The first kappa shape index (κ1) is 24.8. The smallest absolute Gasteiger partial charge is 0.0158 e. The van der Waals surface area contributed by atoms with E-state index in [-0.39, 0.29) is 5.41 Å². The van der Waals surface area contributed by atoms with Crippen LogP contribution in [0.15, 0.2) is 140 Å². The lowest BCUT2D eigenvalue weighted by atomic mass is 9.81. The molecule has 0 N–H and O–H groups in total. The second-order valence-electron chi connectivity index (χ2n) is 12.2. The molecule has 7 aromatic carbocycles. The van der Waals surface area contributed by atoms with Crippen LogP contribution in [0, 0.1) is 6.92 Å². The lowest BCUT2D eigenvalue weighted by Crippen LogP contribution is -2.14. The van der Waals surface area contributed by atoms with Crippen LogP contribution in [0.2, 0.25) is 0 Å². The minimum Gasteiger partial charge on any atom is -0.0622 e. The van der Waals surface area contributed by atoms with E-state index in [1.807, 2.05) is 0 Å². The summed E-state index contributed by atoms with van der Waals surface area (Å²) in [7, 11) is 0. The van der Waals surface area contributed by atoms with Gasteiger partial charge in [-0.25, -0.2) is 0 Å². The van der Waals surface area contributed by atoms with E-state index < -0.39 is 0 Å². The first-order chi connectivity index (χ1) is 20.5. The number of rotatable bonds is 3. The molecule has 0 heterocycles. The molecule has 1 aliphatic carbocycles. The fourth-order valence-corrected chi connectivity index (χ4v) is 7.21. The number of benzene rings is 7. The molecule has 200 valence electrons. The third-order valence-electron chi connectivity index (χ3n) is 9.34. The fourth-order valence-electron chi connectivity index (χ4n) is 7.21. The van der Waals surface area contributed by atoms with Crippen molar-refractivity contribution in [2.24, 2.45) is 0 Å². The second kappa shape index (κ2) is 9.29. The van der Waals surface area contributed by atoms with Gasteiger partial charge in [-0.3, -0.25) is 0 Å². The van der Waals surface area contributed by atoms with E-state index in [0.717, 1.165) is 0 Å². The summed E-state index contributed by atoms with van der Waals surface area (Å²) in [6.07, 6.45) is 0. The Labute approximate surface area is 247 Å². The normalized spacial score (nSPS) is 13.3. The maximum atomic E-state index is 2.45. The second-order valence-corrected chi connectivity index (χ2v) is 12.2. The van der Waals surface area contributed by atoms with Crippen molar-refractivity contribution >= 4 is 21.5 Å². The van der Waals surface area contributed by atoms with E-state index in [2.05, 4.69) is 160 Å². The largest absolute Gasteiger partial charge is 0.0622 e. The van der Waals surface area contributed by atoms with Crippen LogP contribution >= 0.6 is 0 Å². The van der Waals surface area contributed by atoms with Crippen molar-refractivity contribution in [3.05, 3.63) is 156 Å². The predicted molar refractivity (Wildman–Crippen MR) is 180 cm³/mol. The van der Waals surface area contributed by atoms with Crippen molar-refractivity contribution in [1.82, 2.24) is 0 Å². The number of fused-ring (bicyclic) bond motifs is 5. The maximum absolute atomic E-state index is 2.45. The topological polar surface area (TPSA) is 0 Å². The van der Waals surface area contributed by atoms with Gasteiger partial charge in [-0.05, 0) is 96.2 Å². The Bertz CT molecular complexity index is 2140. The molecular weight excluding hydrogens is 504 g/mol. The molecule has 0 fully saturated rings. The summed E-state index contributed by atoms with van der Waals surface area (Å²) in [6, 6.07) is 51.8. The van der Waals surface area contributed by atoms with Crippen molar-refractivity contribution in [3.63, 3.8) is 0 Å². The molecular formula is C42H32. The van der Waals surface area contributed by atoms with Crippen LogP contribution in [-0.4, -0.2) is 0 Å². The Morgan fingerprint density at radius 3 is 1.71 bits per heavy atom. The molecule has 0 bridgehead atoms. The molecule has 1 aliphatic rings. The molecule has 42 heavy (non-hydrogen) atoms. The monoisotopic (exact) mass is 536 g/mol. The standard InChI is InChI=1S/C42H32/c1-27-17-19-29(20-18-27)40-33-14-7-8-15-34(33)41(37-25-30(21-23-35(37)40)28-11-5-4-6-12-28)31-22-24-39-36(26-31)32-13-9-10-16-38(32)42(39,2)3/h4-26H,1-3H3. The zero-order valence-electron chi connectivity index (χ0n) is 24.3. The zero-order valence-corrected chi connectivity index (χ0v) is 24.3. The highest BCUT2D eigenvalue weighted by Gasteiger charge is 2.35. The molecule has 8 rings (SSSR count). The van der Waals surface area contributed by atoms with Crippen molar-refractivity contribution in [1.29, 1.82) is 0 Å². The van der Waals surface area contributed by atoms with E-state index in [4.69, 9.17) is 0 Å². The van der Waals surface area contributed by atoms with E-state index >= 15 is 0 Å². The minimum atomic E-state index is -0.00955. The third kappa shape index (κ3) is 3.68. The molecule has 0 unspecified atom stereocenters. The summed E-state index contributed by atoms with van der Waals surface area (Å²) in [4.78, 5) is 0. The van der Waals surface area contributed by atoms with Crippen LogP contribution in [0.1, 0.15) is 30.5 Å². The van der Waals surface area contributed by atoms with Crippen LogP contribution in [0.25, 0.3) is 66.1 Å². The molecule has 0 radical (unpaired) electrons. The molecule has 0 nitrogen and oxygen atoms in total. The Kier molecular flexibility index (Phi) is 5.49. The van der Waals surface area contributed by atoms with Crippen molar-refractivity contribution in [2.45, 2.75) is 26.2 Å².